The lowest BCUT2D eigenvalue weighted by Crippen LogP contribution is -2.36. The molecule has 0 saturated carbocycles. The number of carbonyl (C=O) groups is 2. The molecule has 4 aromatic rings. The summed E-state index contributed by atoms with van der Waals surface area (Å²) in [6, 6.07) is 20.9. The highest BCUT2D eigenvalue weighted by molar-refractivity contribution is 6.33. The lowest BCUT2D eigenvalue weighted by atomic mass is 10.1. The average Bonchev–Trinajstić information content (AvgIpc) is 2.83. The van der Waals surface area contributed by atoms with E-state index in [1.54, 1.807) is 43.3 Å². The molecule has 1 heterocycles. The Labute approximate surface area is 199 Å². The van der Waals surface area contributed by atoms with Crippen molar-refractivity contribution in [3.8, 4) is 5.75 Å². The van der Waals surface area contributed by atoms with Gasteiger partial charge in [-0.25, -0.2) is 14.4 Å². The van der Waals surface area contributed by atoms with Gasteiger partial charge in [0.1, 0.15) is 12.2 Å². The fourth-order valence-corrected chi connectivity index (χ4v) is 3.57. The second-order valence-electron chi connectivity index (χ2n) is 7.50. The largest absolute Gasteiger partial charge is 0.445 e. The van der Waals surface area contributed by atoms with E-state index in [0.29, 0.717) is 16.5 Å². The van der Waals surface area contributed by atoms with Crippen molar-refractivity contribution in [1.82, 2.24) is 5.32 Å². The number of nitrogens with one attached hydrogen (secondary N) is 1. The molecule has 0 fully saturated rings. The van der Waals surface area contributed by atoms with Crippen molar-refractivity contribution in [2.75, 3.05) is 0 Å². The Balaban J connectivity index is 1.56. The molecule has 7 nitrogen and oxygen atoms in total. The number of alkyl carbamates (subject to hydrolysis) is 1. The number of hydrogen-bond donors (Lipinski definition) is 1. The molecule has 4 rings (SSSR count). The van der Waals surface area contributed by atoms with Gasteiger partial charge in [-0.2, -0.15) is 0 Å². The number of hydrogen-bond acceptors (Lipinski definition) is 6. The van der Waals surface area contributed by atoms with Crippen LogP contribution in [-0.4, -0.2) is 12.1 Å². The maximum Gasteiger partial charge on any atom is 0.408 e. The number of halogens is 1. The average molecular weight is 478 g/mol. The minimum Gasteiger partial charge on any atom is -0.445 e. The molecular formula is C26H20ClNO6. The van der Waals surface area contributed by atoms with Crippen LogP contribution in [0.25, 0.3) is 11.0 Å². The van der Waals surface area contributed by atoms with E-state index in [1.807, 2.05) is 30.3 Å². The molecule has 0 spiro atoms. The van der Waals surface area contributed by atoms with Crippen LogP contribution in [0.15, 0.2) is 88.1 Å². The quantitative estimate of drug-likeness (QED) is 0.229. The summed E-state index contributed by atoms with van der Waals surface area (Å²) >= 11 is 6.32. The number of carbonyl (C=O) groups excluding carboxylic acids is 2. The van der Waals surface area contributed by atoms with Gasteiger partial charge < -0.3 is 19.2 Å². The number of ether oxygens (including phenoxy) is 2. The normalized spacial score (nSPS) is 11.6. The molecule has 3 aromatic carbocycles. The van der Waals surface area contributed by atoms with Gasteiger partial charge in [-0.1, -0.05) is 72.3 Å². The van der Waals surface area contributed by atoms with Crippen molar-refractivity contribution in [2.24, 2.45) is 0 Å². The van der Waals surface area contributed by atoms with Crippen molar-refractivity contribution < 1.29 is 23.5 Å². The summed E-state index contributed by atoms with van der Waals surface area (Å²) in [6.07, 6.45) is -0.791. The lowest BCUT2D eigenvalue weighted by Gasteiger charge is -2.18. The molecule has 1 unspecified atom stereocenters. The number of rotatable bonds is 6. The van der Waals surface area contributed by atoms with Gasteiger partial charge in [-0.3, -0.25) is 0 Å². The summed E-state index contributed by atoms with van der Waals surface area (Å²) in [6.45, 7) is 1.79. The Morgan fingerprint density at radius 3 is 2.38 bits per heavy atom. The van der Waals surface area contributed by atoms with E-state index in [1.165, 1.54) is 12.1 Å². The number of aryl methyl sites for hydroxylation is 1. The Morgan fingerprint density at radius 2 is 1.68 bits per heavy atom. The maximum absolute atomic E-state index is 13.1. The van der Waals surface area contributed by atoms with Crippen LogP contribution in [0, 0.1) is 6.92 Å². The highest BCUT2D eigenvalue weighted by Crippen LogP contribution is 2.32. The third-order valence-electron chi connectivity index (χ3n) is 5.06. The van der Waals surface area contributed by atoms with E-state index >= 15 is 0 Å². The summed E-state index contributed by atoms with van der Waals surface area (Å²) in [7, 11) is 0. The molecule has 0 bridgehead atoms. The van der Waals surface area contributed by atoms with Crippen LogP contribution in [0.4, 0.5) is 4.79 Å². The molecular weight excluding hydrogens is 458 g/mol. The van der Waals surface area contributed by atoms with E-state index in [9.17, 15) is 14.4 Å². The zero-order chi connectivity index (χ0) is 24.1. The fraction of sp³-hybridized carbons (Fsp3) is 0.115. The van der Waals surface area contributed by atoms with E-state index in [-0.39, 0.29) is 23.0 Å². The van der Waals surface area contributed by atoms with Crippen molar-refractivity contribution in [3.63, 3.8) is 0 Å². The smallest absolute Gasteiger partial charge is 0.408 e. The molecule has 0 saturated heterocycles. The van der Waals surface area contributed by atoms with Crippen molar-refractivity contribution in [2.45, 2.75) is 19.6 Å². The third kappa shape index (κ3) is 5.44. The SMILES string of the molecule is Cc1cc(=O)oc2cc(OC(=O)C(NC(=O)OCc3ccccc3)c3ccccc3)c(Cl)cc12. The molecule has 34 heavy (non-hydrogen) atoms. The third-order valence-corrected chi connectivity index (χ3v) is 5.35. The second-order valence-corrected chi connectivity index (χ2v) is 7.91. The fourth-order valence-electron chi connectivity index (χ4n) is 3.37. The predicted octanol–water partition coefficient (Wildman–Crippen LogP) is 5.33. The molecule has 0 aliphatic rings. The van der Waals surface area contributed by atoms with Crippen molar-refractivity contribution in [1.29, 1.82) is 0 Å². The van der Waals surface area contributed by atoms with Crippen molar-refractivity contribution in [3.05, 3.63) is 111 Å². The Hall–Kier alpha value is -4.10. The van der Waals surface area contributed by atoms with E-state index < -0.39 is 23.7 Å². The molecule has 8 heteroatoms. The number of esters is 1. The van der Waals surface area contributed by atoms with E-state index in [2.05, 4.69) is 5.32 Å². The Morgan fingerprint density at radius 1 is 1.00 bits per heavy atom. The van der Waals surface area contributed by atoms with Crippen LogP contribution in [0.5, 0.6) is 5.75 Å². The van der Waals surface area contributed by atoms with Gasteiger partial charge in [-0.15, -0.1) is 0 Å². The highest BCUT2D eigenvalue weighted by atomic mass is 35.5. The first-order valence-electron chi connectivity index (χ1n) is 10.4. The Kier molecular flexibility index (Phi) is 6.94. The first kappa shape index (κ1) is 23.1. The molecule has 1 N–H and O–H groups in total. The van der Waals surface area contributed by atoms with E-state index in [4.69, 9.17) is 25.5 Å². The number of amides is 1. The first-order valence-corrected chi connectivity index (χ1v) is 10.8. The number of fused-ring (bicyclic) bond motifs is 1. The molecule has 0 aliphatic carbocycles. The number of benzene rings is 3. The Bertz CT molecular complexity index is 1390. The van der Waals surface area contributed by atoms with Crippen LogP contribution in [0.3, 0.4) is 0 Å². The van der Waals surface area contributed by atoms with Gasteiger partial charge in [-0.05, 0) is 29.7 Å². The summed E-state index contributed by atoms with van der Waals surface area (Å²) < 4.78 is 16.0. The second kappa shape index (κ2) is 10.2. The minimum atomic E-state index is -1.17. The molecule has 1 amide bonds. The van der Waals surface area contributed by atoms with E-state index in [0.717, 1.165) is 5.56 Å². The van der Waals surface area contributed by atoms with Gasteiger partial charge >= 0.3 is 17.7 Å². The van der Waals surface area contributed by atoms with Crippen LogP contribution < -0.4 is 15.7 Å². The van der Waals surface area contributed by atoms with Crippen LogP contribution in [0.2, 0.25) is 5.02 Å². The first-order chi connectivity index (χ1) is 16.4. The zero-order valence-corrected chi connectivity index (χ0v) is 18.9. The van der Waals surface area contributed by atoms with Gasteiger partial charge in [0.05, 0.1) is 5.02 Å². The predicted molar refractivity (Wildman–Crippen MR) is 127 cm³/mol. The molecule has 1 aromatic heterocycles. The molecule has 1 atom stereocenters. The lowest BCUT2D eigenvalue weighted by molar-refractivity contribution is -0.136. The summed E-state index contributed by atoms with van der Waals surface area (Å²) in [5.74, 6) is -0.799. The maximum atomic E-state index is 13.1. The zero-order valence-electron chi connectivity index (χ0n) is 18.1. The molecule has 0 aliphatic heterocycles. The van der Waals surface area contributed by atoms with Gasteiger partial charge in [0.25, 0.3) is 0 Å². The highest BCUT2D eigenvalue weighted by Gasteiger charge is 2.26. The topological polar surface area (TPSA) is 94.8 Å². The van der Waals surface area contributed by atoms with Crippen LogP contribution >= 0.6 is 11.6 Å². The van der Waals surface area contributed by atoms with Crippen LogP contribution in [0.1, 0.15) is 22.7 Å². The minimum absolute atomic E-state index is 0.00620. The van der Waals surface area contributed by atoms with Crippen molar-refractivity contribution >= 4 is 34.6 Å². The summed E-state index contributed by atoms with van der Waals surface area (Å²) in [5, 5.41) is 3.31. The van der Waals surface area contributed by atoms with Gasteiger partial charge in [0.2, 0.25) is 0 Å². The molecule has 172 valence electrons. The monoisotopic (exact) mass is 477 g/mol. The summed E-state index contributed by atoms with van der Waals surface area (Å²) in [5.41, 5.74) is 1.66. The standard InChI is InChI=1S/C26H20ClNO6/c1-16-12-23(29)33-21-14-22(20(27)13-19(16)21)34-25(30)24(18-10-6-3-7-11-18)28-26(31)32-15-17-8-4-2-5-9-17/h2-14,24H,15H2,1H3,(H,28,31). The van der Waals surface area contributed by atoms with Gasteiger partial charge in [0, 0.05) is 17.5 Å². The molecule has 0 radical (unpaired) electrons. The van der Waals surface area contributed by atoms with Crippen LogP contribution in [-0.2, 0) is 16.1 Å². The summed E-state index contributed by atoms with van der Waals surface area (Å²) in [4.78, 5) is 37.3. The van der Waals surface area contributed by atoms with Gasteiger partial charge in [0.15, 0.2) is 11.8 Å².